The Kier molecular flexibility index (Phi) is 3.77. The Bertz CT molecular complexity index is 461. The Morgan fingerprint density at radius 1 is 0.913 bits per heavy atom. The highest BCUT2D eigenvalue weighted by Gasteiger charge is 2.50. The summed E-state index contributed by atoms with van der Waals surface area (Å²) in [7, 11) is 0. The molecule has 1 heterocycles. The summed E-state index contributed by atoms with van der Waals surface area (Å²) in [5, 5.41) is 3.24. The summed E-state index contributed by atoms with van der Waals surface area (Å²) in [4.78, 5) is 27.5. The standard InChI is InChI=1S/C18H29N3O2/c1-13(22)20-2-4-21(5-3-20)17(23)19-12-18-9-14-6-15(10-18)8-16(7-14)11-18/h14-16H,2-12H2,1H3,(H,19,23). The second kappa shape index (κ2) is 5.67. The topological polar surface area (TPSA) is 52.7 Å². The van der Waals surface area contributed by atoms with E-state index < -0.39 is 0 Å². The van der Waals surface area contributed by atoms with Gasteiger partial charge in [0.15, 0.2) is 0 Å². The summed E-state index contributed by atoms with van der Waals surface area (Å²) < 4.78 is 0. The van der Waals surface area contributed by atoms with Crippen molar-refractivity contribution < 1.29 is 9.59 Å². The van der Waals surface area contributed by atoms with Crippen molar-refractivity contribution in [3.63, 3.8) is 0 Å². The number of piperazine rings is 1. The van der Waals surface area contributed by atoms with Crippen molar-refractivity contribution >= 4 is 11.9 Å². The second-order valence-corrected chi connectivity index (χ2v) is 8.57. The van der Waals surface area contributed by atoms with E-state index in [4.69, 9.17) is 0 Å². The summed E-state index contributed by atoms with van der Waals surface area (Å²) >= 11 is 0. The third-order valence-electron chi connectivity index (χ3n) is 6.79. The molecule has 4 bridgehead atoms. The van der Waals surface area contributed by atoms with Crippen LogP contribution in [-0.4, -0.2) is 54.5 Å². The first-order chi connectivity index (χ1) is 11.0. The van der Waals surface area contributed by atoms with E-state index in [2.05, 4.69) is 5.32 Å². The predicted molar refractivity (Wildman–Crippen MR) is 87.8 cm³/mol. The smallest absolute Gasteiger partial charge is 0.317 e. The second-order valence-electron chi connectivity index (χ2n) is 8.57. The lowest BCUT2D eigenvalue weighted by Crippen LogP contribution is -2.56. The molecule has 5 fully saturated rings. The molecule has 23 heavy (non-hydrogen) atoms. The van der Waals surface area contributed by atoms with Crippen LogP contribution < -0.4 is 5.32 Å². The van der Waals surface area contributed by atoms with Gasteiger partial charge in [0, 0.05) is 39.6 Å². The Labute approximate surface area is 138 Å². The molecule has 4 saturated carbocycles. The van der Waals surface area contributed by atoms with Crippen molar-refractivity contribution in [2.75, 3.05) is 32.7 Å². The van der Waals surface area contributed by atoms with Crippen LogP contribution in [0.2, 0.25) is 0 Å². The predicted octanol–water partition coefficient (Wildman–Crippen LogP) is 2.08. The lowest BCUT2D eigenvalue weighted by atomic mass is 9.49. The summed E-state index contributed by atoms with van der Waals surface area (Å²) in [6.07, 6.45) is 8.33. The maximum absolute atomic E-state index is 12.5. The van der Waals surface area contributed by atoms with E-state index in [-0.39, 0.29) is 11.9 Å². The van der Waals surface area contributed by atoms with Gasteiger partial charge in [-0.05, 0) is 61.7 Å². The van der Waals surface area contributed by atoms with E-state index in [1.807, 2.05) is 9.80 Å². The SMILES string of the molecule is CC(=O)N1CCN(C(=O)NCC23CC4CC(CC(C4)C2)C3)CC1. The van der Waals surface area contributed by atoms with Gasteiger partial charge in [0.2, 0.25) is 5.91 Å². The van der Waals surface area contributed by atoms with Gasteiger partial charge in [-0.1, -0.05) is 0 Å². The molecule has 0 aromatic heterocycles. The van der Waals surface area contributed by atoms with Gasteiger partial charge in [-0.3, -0.25) is 4.79 Å². The summed E-state index contributed by atoms with van der Waals surface area (Å²) in [6.45, 7) is 5.11. The third kappa shape index (κ3) is 2.94. The van der Waals surface area contributed by atoms with E-state index in [9.17, 15) is 9.59 Å². The molecule has 128 valence electrons. The van der Waals surface area contributed by atoms with Crippen molar-refractivity contribution in [2.45, 2.75) is 45.4 Å². The summed E-state index contributed by atoms with van der Waals surface area (Å²) in [5.74, 6) is 2.89. The first-order valence-corrected chi connectivity index (χ1v) is 9.31. The monoisotopic (exact) mass is 319 g/mol. The van der Waals surface area contributed by atoms with Crippen molar-refractivity contribution in [3.05, 3.63) is 0 Å². The largest absolute Gasteiger partial charge is 0.339 e. The zero-order valence-corrected chi connectivity index (χ0v) is 14.2. The van der Waals surface area contributed by atoms with Gasteiger partial charge in [0.05, 0.1) is 0 Å². The maximum Gasteiger partial charge on any atom is 0.317 e. The van der Waals surface area contributed by atoms with Crippen LogP contribution in [0.15, 0.2) is 0 Å². The minimum atomic E-state index is 0.0731. The fraction of sp³-hybridized carbons (Fsp3) is 0.889. The molecule has 1 N–H and O–H groups in total. The highest BCUT2D eigenvalue weighted by molar-refractivity contribution is 5.76. The van der Waals surface area contributed by atoms with Gasteiger partial charge in [0.1, 0.15) is 0 Å². The molecule has 3 amide bonds. The van der Waals surface area contributed by atoms with Crippen LogP contribution in [0.4, 0.5) is 4.79 Å². The Morgan fingerprint density at radius 2 is 1.39 bits per heavy atom. The molecule has 0 radical (unpaired) electrons. The zero-order valence-electron chi connectivity index (χ0n) is 14.2. The number of rotatable bonds is 2. The number of carbonyl (C=O) groups excluding carboxylic acids is 2. The third-order valence-corrected chi connectivity index (χ3v) is 6.79. The molecular weight excluding hydrogens is 290 g/mol. The van der Waals surface area contributed by atoms with Crippen molar-refractivity contribution in [2.24, 2.45) is 23.2 Å². The van der Waals surface area contributed by atoms with Gasteiger partial charge in [0.25, 0.3) is 0 Å². The first-order valence-electron chi connectivity index (χ1n) is 9.31. The number of amides is 3. The van der Waals surface area contributed by atoms with Gasteiger partial charge >= 0.3 is 6.03 Å². The summed E-state index contributed by atoms with van der Waals surface area (Å²) in [6, 6.07) is 0.0731. The van der Waals surface area contributed by atoms with Crippen molar-refractivity contribution in [1.82, 2.24) is 15.1 Å². The fourth-order valence-electron chi connectivity index (χ4n) is 6.11. The first kappa shape index (κ1) is 15.3. The minimum Gasteiger partial charge on any atom is -0.339 e. The number of nitrogens with one attached hydrogen (secondary N) is 1. The average molecular weight is 319 g/mol. The van der Waals surface area contributed by atoms with E-state index in [1.165, 1.54) is 38.5 Å². The zero-order chi connectivity index (χ0) is 16.0. The highest BCUT2D eigenvalue weighted by atomic mass is 16.2. The van der Waals surface area contributed by atoms with Crippen LogP contribution in [0.1, 0.15) is 45.4 Å². The maximum atomic E-state index is 12.5. The van der Waals surface area contributed by atoms with E-state index >= 15 is 0 Å². The molecule has 1 saturated heterocycles. The molecule has 0 spiro atoms. The number of carbonyl (C=O) groups is 2. The lowest BCUT2D eigenvalue weighted by Gasteiger charge is -2.57. The van der Waals surface area contributed by atoms with Gasteiger partial charge in [-0.2, -0.15) is 0 Å². The quantitative estimate of drug-likeness (QED) is 0.847. The Morgan fingerprint density at radius 3 is 1.87 bits per heavy atom. The van der Waals surface area contributed by atoms with Gasteiger partial charge in [-0.25, -0.2) is 4.79 Å². The van der Waals surface area contributed by atoms with E-state index in [0.29, 0.717) is 31.6 Å². The number of urea groups is 1. The van der Waals surface area contributed by atoms with Crippen LogP contribution in [0, 0.1) is 23.2 Å². The van der Waals surface area contributed by atoms with Gasteiger partial charge in [-0.15, -0.1) is 0 Å². The van der Waals surface area contributed by atoms with Crippen LogP contribution in [-0.2, 0) is 4.79 Å². The molecule has 1 aliphatic heterocycles. The number of hydrogen-bond donors (Lipinski definition) is 1. The lowest BCUT2D eigenvalue weighted by molar-refractivity contribution is -0.130. The minimum absolute atomic E-state index is 0.0731. The van der Waals surface area contributed by atoms with Gasteiger partial charge < -0.3 is 15.1 Å². The van der Waals surface area contributed by atoms with Crippen LogP contribution >= 0.6 is 0 Å². The molecule has 4 aliphatic carbocycles. The van der Waals surface area contributed by atoms with Crippen molar-refractivity contribution in [3.8, 4) is 0 Å². The van der Waals surface area contributed by atoms with Crippen molar-refractivity contribution in [1.29, 1.82) is 0 Å². The Balaban J connectivity index is 1.30. The molecule has 5 rings (SSSR count). The molecule has 0 aromatic carbocycles. The van der Waals surface area contributed by atoms with Crippen LogP contribution in [0.25, 0.3) is 0 Å². The molecule has 5 nitrogen and oxygen atoms in total. The molecule has 0 unspecified atom stereocenters. The Hall–Kier alpha value is -1.26. The van der Waals surface area contributed by atoms with Crippen LogP contribution in [0.5, 0.6) is 0 Å². The molecular formula is C18H29N3O2. The van der Waals surface area contributed by atoms with E-state index in [0.717, 1.165) is 24.3 Å². The summed E-state index contributed by atoms with van der Waals surface area (Å²) in [5.41, 5.74) is 0.394. The number of hydrogen-bond acceptors (Lipinski definition) is 2. The van der Waals surface area contributed by atoms with Crippen LogP contribution in [0.3, 0.4) is 0 Å². The highest BCUT2D eigenvalue weighted by Crippen LogP contribution is 2.59. The normalized spacial score (nSPS) is 38.7. The molecule has 5 heteroatoms. The van der Waals surface area contributed by atoms with E-state index in [1.54, 1.807) is 6.92 Å². The fourth-order valence-corrected chi connectivity index (χ4v) is 6.11. The average Bonchev–Trinajstić information content (AvgIpc) is 2.51. The molecule has 0 aromatic rings. The molecule has 5 aliphatic rings. The molecule has 0 atom stereocenters. The number of nitrogens with zero attached hydrogens (tertiary/aromatic N) is 2.